The molecule has 0 saturated heterocycles. The highest BCUT2D eigenvalue weighted by molar-refractivity contribution is 5.27. The summed E-state index contributed by atoms with van der Waals surface area (Å²) in [5, 5.41) is 6.60. The minimum atomic E-state index is -0.0910. The van der Waals surface area contributed by atoms with E-state index < -0.39 is 0 Å². The fraction of sp³-hybridized carbons (Fsp3) is 0.250. The van der Waals surface area contributed by atoms with Gasteiger partial charge in [-0.15, -0.1) is 0 Å². The fourth-order valence-corrected chi connectivity index (χ4v) is 2.44. The molecule has 0 unspecified atom stereocenters. The number of benzene rings is 2. The molecular formula is C16H17FN2. The van der Waals surface area contributed by atoms with E-state index in [-0.39, 0.29) is 5.82 Å². The second-order valence-electron chi connectivity index (χ2n) is 4.92. The number of fused-ring (bicyclic) bond motifs is 4. The zero-order valence-corrected chi connectivity index (χ0v) is 10.7. The molecule has 98 valence electrons. The highest BCUT2D eigenvalue weighted by atomic mass is 19.1. The largest absolute Gasteiger partial charge is 0.309 e. The molecule has 19 heavy (non-hydrogen) atoms. The van der Waals surface area contributed by atoms with Crippen LogP contribution in [0.15, 0.2) is 42.5 Å². The SMILES string of the molecule is Fc1c2cccc1CNCc1cccc(c1)CNC2. The first-order valence-corrected chi connectivity index (χ1v) is 6.58. The van der Waals surface area contributed by atoms with E-state index in [9.17, 15) is 4.39 Å². The van der Waals surface area contributed by atoms with Crippen molar-refractivity contribution in [3.05, 3.63) is 70.5 Å². The van der Waals surface area contributed by atoms with E-state index in [2.05, 4.69) is 34.9 Å². The van der Waals surface area contributed by atoms with Crippen LogP contribution in [0.5, 0.6) is 0 Å². The van der Waals surface area contributed by atoms with Crippen molar-refractivity contribution in [2.45, 2.75) is 26.2 Å². The third kappa shape index (κ3) is 2.83. The minimum Gasteiger partial charge on any atom is -0.309 e. The lowest BCUT2D eigenvalue weighted by atomic mass is 10.1. The first-order valence-electron chi connectivity index (χ1n) is 6.58. The zero-order valence-electron chi connectivity index (χ0n) is 10.7. The minimum absolute atomic E-state index is 0.0910. The molecule has 3 rings (SSSR count). The molecule has 1 aliphatic heterocycles. The van der Waals surface area contributed by atoms with Gasteiger partial charge in [0, 0.05) is 37.3 Å². The lowest BCUT2D eigenvalue weighted by Gasteiger charge is -2.13. The normalized spacial score (nSPS) is 15.4. The van der Waals surface area contributed by atoms with E-state index in [1.807, 2.05) is 18.2 Å². The van der Waals surface area contributed by atoms with Gasteiger partial charge >= 0.3 is 0 Å². The lowest BCUT2D eigenvalue weighted by molar-refractivity contribution is 0.558. The maximum absolute atomic E-state index is 14.2. The fourth-order valence-electron chi connectivity index (χ4n) is 2.44. The quantitative estimate of drug-likeness (QED) is 0.757. The van der Waals surface area contributed by atoms with E-state index in [0.29, 0.717) is 13.1 Å². The summed E-state index contributed by atoms with van der Waals surface area (Å²) in [5.41, 5.74) is 3.93. The van der Waals surface area contributed by atoms with Crippen molar-refractivity contribution in [2.24, 2.45) is 0 Å². The van der Waals surface area contributed by atoms with Crippen molar-refractivity contribution in [3.63, 3.8) is 0 Å². The second kappa shape index (κ2) is 5.51. The Labute approximate surface area is 112 Å². The van der Waals surface area contributed by atoms with Crippen molar-refractivity contribution in [3.8, 4) is 0 Å². The van der Waals surface area contributed by atoms with Crippen LogP contribution in [-0.4, -0.2) is 0 Å². The van der Waals surface area contributed by atoms with Crippen molar-refractivity contribution in [2.75, 3.05) is 0 Å². The van der Waals surface area contributed by atoms with Crippen LogP contribution in [-0.2, 0) is 26.2 Å². The number of nitrogens with one attached hydrogen (secondary N) is 2. The van der Waals surface area contributed by atoms with Crippen LogP contribution in [0.1, 0.15) is 22.3 Å². The topological polar surface area (TPSA) is 24.1 Å². The van der Waals surface area contributed by atoms with Crippen LogP contribution < -0.4 is 10.6 Å². The van der Waals surface area contributed by atoms with Gasteiger partial charge in [-0.1, -0.05) is 42.5 Å². The number of hydrogen-bond acceptors (Lipinski definition) is 2. The summed E-state index contributed by atoms with van der Waals surface area (Å²) in [6.07, 6.45) is 0. The lowest BCUT2D eigenvalue weighted by Crippen LogP contribution is -2.18. The summed E-state index contributed by atoms with van der Waals surface area (Å²) in [4.78, 5) is 0. The van der Waals surface area contributed by atoms with E-state index in [4.69, 9.17) is 0 Å². The molecule has 0 aromatic heterocycles. The van der Waals surface area contributed by atoms with E-state index in [1.54, 1.807) is 0 Å². The molecule has 0 radical (unpaired) electrons. The van der Waals surface area contributed by atoms with Gasteiger partial charge in [0.05, 0.1) is 0 Å². The highest BCUT2D eigenvalue weighted by Gasteiger charge is 2.08. The molecule has 0 saturated carbocycles. The molecule has 0 spiro atoms. The maximum atomic E-state index is 14.2. The number of rotatable bonds is 0. The molecule has 0 fully saturated rings. The van der Waals surface area contributed by atoms with Gasteiger partial charge in [-0.05, 0) is 11.1 Å². The Kier molecular flexibility index (Phi) is 3.58. The van der Waals surface area contributed by atoms with Crippen LogP contribution in [0, 0.1) is 5.82 Å². The Bertz CT molecular complexity index is 537. The molecule has 2 nitrogen and oxygen atoms in total. The summed E-state index contributed by atoms with van der Waals surface area (Å²) >= 11 is 0. The Hall–Kier alpha value is -1.71. The number of halogens is 1. The average Bonchev–Trinajstić information content (AvgIpc) is 2.42. The first-order chi connectivity index (χ1) is 9.33. The Morgan fingerprint density at radius 3 is 1.84 bits per heavy atom. The predicted molar refractivity (Wildman–Crippen MR) is 73.9 cm³/mol. The Morgan fingerprint density at radius 2 is 1.26 bits per heavy atom. The summed E-state index contributed by atoms with van der Waals surface area (Å²) in [7, 11) is 0. The van der Waals surface area contributed by atoms with Gasteiger partial charge in [0.1, 0.15) is 5.82 Å². The third-order valence-corrected chi connectivity index (χ3v) is 3.44. The monoisotopic (exact) mass is 256 g/mol. The summed E-state index contributed by atoms with van der Waals surface area (Å²) in [5.74, 6) is -0.0910. The molecule has 0 aliphatic carbocycles. The number of hydrogen-bond donors (Lipinski definition) is 2. The van der Waals surface area contributed by atoms with E-state index in [0.717, 1.165) is 24.2 Å². The molecule has 2 aromatic rings. The Morgan fingerprint density at radius 1 is 0.737 bits per heavy atom. The van der Waals surface area contributed by atoms with Crippen LogP contribution in [0.3, 0.4) is 0 Å². The van der Waals surface area contributed by atoms with Crippen LogP contribution in [0.25, 0.3) is 0 Å². The van der Waals surface area contributed by atoms with Gasteiger partial charge < -0.3 is 10.6 Å². The first kappa shape index (κ1) is 12.3. The maximum Gasteiger partial charge on any atom is 0.132 e. The smallest absolute Gasteiger partial charge is 0.132 e. The second-order valence-corrected chi connectivity index (χ2v) is 4.92. The summed E-state index contributed by atoms with van der Waals surface area (Å²) in [6.45, 7) is 2.64. The van der Waals surface area contributed by atoms with Gasteiger partial charge in [0.15, 0.2) is 0 Å². The molecule has 3 heteroatoms. The zero-order chi connectivity index (χ0) is 13.1. The van der Waals surface area contributed by atoms with Crippen molar-refractivity contribution >= 4 is 0 Å². The molecule has 1 heterocycles. The Balaban J connectivity index is 1.89. The van der Waals surface area contributed by atoms with E-state index in [1.165, 1.54) is 11.1 Å². The third-order valence-electron chi connectivity index (χ3n) is 3.44. The van der Waals surface area contributed by atoms with Crippen LogP contribution >= 0.6 is 0 Å². The van der Waals surface area contributed by atoms with Gasteiger partial charge in [-0.3, -0.25) is 0 Å². The molecule has 0 atom stereocenters. The molecule has 2 N–H and O–H groups in total. The van der Waals surface area contributed by atoms with Gasteiger partial charge in [-0.25, -0.2) is 4.39 Å². The van der Waals surface area contributed by atoms with Crippen molar-refractivity contribution in [1.29, 1.82) is 0 Å². The predicted octanol–water partition coefficient (Wildman–Crippen LogP) is 2.72. The van der Waals surface area contributed by atoms with Gasteiger partial charge in [0.25, 0.3) is 0 Å². The van der Waals surface area contributed by atoms with Crippen molar-refractivity contribution in [1.82, 2.24) is 10.6 Å². The molecule has 2 aromatic carbocycles. The van der Waals surface area contributed by atoms with Crippen LogP contribution in [0.2, 0.25) is 0 Å². The molecule has 0 amide bonds. The van der Waals surface area contributed by atoms with E-state index >= 15 is 0 Å². The highest BCUT2D eigenvalue weighted by Crippen LogP contribution is 2.14. The van der Waals surface area contributed by atoms with Crippen LogP contribution in [0.4, 0.5) is 4.39 Å². The molecule has 1 aliphatic rings. The molecule has 4 bridgehead atoms. The summed E-state index contributed by atoms with van der Waals surface area (Å²) < 4.78 is 14.2. The summed E-state index contributed by atoms with van der Waals surface area (Å²) in [6, 6.07) is 14.0. The standard InChI is InChI=1S/C16H17FN2/c17-16-14-5-2-6-15(16)11-19-9-13-4-1-3-12(7-13)8-18-10-14/h1-7,18-19H,8-11H2. The van der Waals surface area contributed by atoms with Crippen molar-refractivity contribution < 1.29 is 4.39 Å². The van der Waals surface area contributed by atoms with Gasteiger partial charge in [-0.2, -0.15) is 0 Å². The average molecular weight is 256 g/mol. The van der Waals surface area contributed by atoms with Gasteiger partial charge in [0.2, 0.25) is 0 Å². The molecular weight excluding hydrogens is 239 g/mol.